The van der Waals surface area contributed by atoms with Gasteiger partial charge in [0.2, 0.25) is 0 Å². The molecule has 2 aromatic carbocycles. The molecule has 0 atom stereocenters. The van der Waals surface area contributed by atoms with E-state index in [0.717, 1.165) is 10.8 Å². The van der Waals surface area contributed by atoms with Crippen LogP contribution in [0.25, 0.3) is 10.8 Å². The highest BCUT2D eigenvalue weighted by atomic mass is 16.6. The van der Waals surface area contributed by atoms with E-state index in [-0.39, 0.29) is 43.7 Å². The second-order valence-corrected chi connectivity index (χ2v) is 5.60. The Morgan fingerprint density at radius 2 is 1.30 bits per heavy atom. The fourth-order valence-electron chi connectivity index (χ4n) is 2.38. The average Bonchev–Trinajstić information content (AvgIpc) is 2.64. The second-order valence-electron chi connectivity index (χ2n) is 5.60. The van der Waals surface area contributed by atoms with Gasteiger partial charge in [0.15, 0.2) is 30.5 Å². The number of ketones is 1. The number of Topliss-reactive ketones (excluding diaryl/α,β-unsaturated/α-hetero) is 1. The number of carbonyl (C=O) groups is 3. The van der Waals surface area contributed by atoms with Crippen LogP contribution in [-0.4, -0.2) is 44.1 Å². The smallest absolute Gasteiger partial charge is 0.344 e. The maximum Gasteiger partial charge on any atom is 0.344 e. The van der Waals surface area contributed by atoms with Crippen LogP contribution in [0.1, 0.15) is 31.1 Å². The number of hydrogen-bond donors (Lipinski definition) is 0. The normalized spacial score (nSPS) is 10.3. The fourth-order valence-corrected chi connectivity index (χ4v) is 2.38. The molecule has 0 aliphatic heterocycles. The van der Waals surface area contributed by atoms with Crippen molar-refractivity contribution in [2.24, 2.45) is 0 Å². The molecule has 144 valence electrons. The lowest BCUT2D eigenvalue weighted by Gasteiger charge is -2.14. The number of benzene rings is 2. The van der Waals surface area contributed by atoms with E-state index in [0.29, 0.717) is 5.56 Å². The Morgan fingerprint density at radius 3 is 1.78 bits per heavy atom. The molecule has 0 radical (unpaired) electrons. The Balaban J connectivity index is 2.32. The lowest BCUT2D eigenvalue weighted by atomic mass is 10.0. The molecule has 0 aromatic heterocycles. The van der Waals surface area contributed by atoms with Gasteiger partial charge in [-0.3, -0.25) is 4.79 Å². The summed E-state index contributed by atoms with van der Waals surface area (Å²) in [6.45, 7) is 4.78. The van der Waals surface area contributed by atoms with Crippen LogP contribution >= 0.6 is 0 Å². The van der Waals surface area contributed by atoms with Gasteiger partial charge in [-0.15, -0.1) is 0 Å². The van der Waals surface area contributed by atoms with Crippen molar-refractivity contribution in [3.05, 3.63) is 35.9 Å². The van der Waals surface area contributed by atoms with Crippen molar-refractivity contribution in [1.82, 2.24) is 0 Å². The minimum Gasteiger partial charge on any atom is -0.478 e. The van der Waals surface area contributed by atoms with Gasteiger partial charge in [-0.05, 0) is 49.7 Å². The van der Waals surface area contributed by atoms with E-state index in [1.54, 1.807) is 44.2 Å². The minimum absolute atomic E-state index is 0.0615. The van der Waals surface area contributed by atoms with Crippen molar-refractivity contribution in [3.63, 3.8) is 0 Å². The van der Waals surface area contributed by atoms with E-state index >= 15 is 0 Å². The number of fused-ring (bicyclic) bond motifs is 1. The third kappa shape index (κ3) is 5.70. The van der Waals surface area contributed by atoms with Gasteiger partial charge < -0.3 is 18.9 Å². The summed E-state index contributed by atoms with van der Waals surface area (Å²) in [5.41, 5.74) is 0.555. The maximum absolute atomic E-state index is 11.6. The molecular formula is C20H22O7. The quantitative estimate of drug-likeness (QED) is 0.492. The number of carbonyl (C=O) groups excluding carboxylic acids is 3. The third-order valence-corrected chi connectivity index (χ3v) is 3.61. The van der Waals surface area contributed by atoms with E-state index in [2.05, 4.69) is 0 Å². The van der Waals surface area contributed by atoms with Gasteiger partial charge in [0.05, 0.1) is 13.2 Å². The predicted octanol–water partition coefficient (Wildman–Crippen LogP) is 2.93. The number of hydrogen-bond acceptors (Lipinski definition) is 7. The van der Waals surface area contributed by atoms with E-state index in [1.165, 1.54) is 6.92 Å². The molecule has 2 aromatic rings. The molecule has 7 heteroatoms. The number of rotatable bonds is 9. The van der Waals surface area contributed by atoms with Gasteiger partial charge in [0.25, 0.3) is 0 Å². The molecule has 0 unspecified atom stereocenters. The molecule has 0 aliphatic rings. The monoisotopic (exact) mass is 374 g/mol. The van der Waals surface area contributed by atoms with Crippen LogP contribution in [0.15, 0.2) is 30.3 Å². The Kier molecular flexibility index (Phi) is 7.16. The molecule has 0 amide bonds. The SMILES string of the molecule is CCOC(=O)COc1cc2ccc(C(C)=O)cc2cc1OCC(=O)OCC. The Labute approximate surface area is 157 Å². The molecule has 27 heavy (non-hydrogen) atoms. The Bertz CT molecular complexity index is 842. The van der Waals surface area contributed by atoms with E-state index < -0.39 is 11.9 Å². The fraction of sp³-hybridized carbons (Fsp3) is 0.350. The van der Waals surface area contributed by atoms with Gasteiger partial charge in [-0.2, -0.15) is 0 Å². The first-order valence-electron chi connectivity index (χ1n) is 8.60. The van der Waals surface area contributed by atoms with Crippen LogP contribution in [0, 0.1) is 0 Å². The Hall–Kier alpha value is -3.09. The van der Waals surface area contributed by atoms with Crippen molar-refractivity contribution in [2.45, 2.75) is 20.8 Å². The zero-order valence-electron chi connectivity index (χ0n) is 15.6. The predicted molar refractivity (Wildman–Crippen MR) is 98.2 cm³/mol. The summed E-state index contributed by atoms with van der Waals surface area (Å²) < 4.78 is 20.7. The molecule has 0 N–H and O–H groups in total. The van der Waals surface area contributed by atoms with E-state index in [9.17, 15) is 14.4 Å². The Morgan fingerprint density at radius 1 is 0.778 bits per heavy atom. The van der Waals surface area contributed by atoms with Gasteiger partial charge in [0, 0.05) is 5.56 Å². The van der Waals surface area contributed by atoms with Crippen LogP contribution in [0.2, 0.25) is 0 Å². The minimum atomic E-state index is -0.522. The topological polar surface area (TPSA) is 88.1 Å². The lowest BCUT2D eigenvalue weighted by molar-refractivity contribution is -0.146. The summed E-state index contributed by atoms with van der Waals surface area (Å²) in [4.78, 5) is 34.7. The molecule has 0 fully saturated rings. The first-order valence-corrected chi connectivity index (χ1v) is 8.60. The largest absolute Gasteiger partial charge is 0.478 e. The number of esters is 2. The van der Waals surface area contributed by atoms with E-state index in [4.69, 9.17) is 18.9 Å². The summed E-state index contributed by atoms with van der Waals surface area (Å²) in [6, 6.07) is 8.54. The first-order chi connectivity index (χ1) is 12.9. The average molecular weight is 374 g/mol. The lowest BCUT2D eigenvalue weighted by Crippen LogP contribution is -2.17. The zero-order chi connectivity index (χ0) is 19.8. The molecule has 0 bridgehead atoms. The molecule has 0 heterocycles. The highest BCUT2D eigenvalue weighted by molar-refractivity contribution is 5.99. The van der Waals surface area contributed by atoms with Crippen molar-refractivity contribution >= 4 is 28.5 Å². The highest BCUT2D eigenvalue weighted by Gasteiger charge is 2.14. The first kappa shape index (κ1) is 20.2. The van der Waals surface area contributed by atoms with Crippen LogP contribution < -0.4 is 9.47 Å². The van der Waals surface area contributed by atoms with Crippen molar-refractivity contribution in [1.29, 1.82) is 0 Å². The highest BCUT2D eigenvalue weighted by Crippen LogP contribution is 2.33. The molecule has 0 saturated carbocycles. The van der Waals surface area contributed by atoms with Crippen molar-refractivity contribution in [2.75, 3.05) is 26.4 Å². The number of ether oxygens (including phenoxy) is 4. The molecule has 0 aliphatic carbocycles. The van der Waals surface area contributed by atoms with Crippen LogP contribution in [0.4, 0.5) is 0 Å². The molecular weight excluding hydrogens is 352 g/mol. The summed E-state index contributed by atoms with van der Waals surface area (Å²) in [5, 5.41) is 1.53. The molecule has 7 nitrogen and oxygen atoms in total. The maximum atomic E-state index is 11.6. The third-order valence-electron chi connectivity index (χ3n) is 3.61. The van der Waals surface area contributed by atoms with Crippen molar-refractivity contribution in [3.8, 4) is 11.5 Å². The molecule has 0 saturated heterocycles. The zero-order valence-corrected chi connectivity index (χ0v) is 15.6. The standard InChI is InChI=1S/C20H22O7/c1-4-24-19(22)11-26-17-9-15-7-6-14(13(3)21)8-16(15)10-18(17)27-12-20(23)25-5-2/h6-10H,4-5,11-12H2,1-3H3. The van der Waals surface area contributed by atoms with Gasteiger partial charge in [0.1, 0.15) is 0 Å². The summed E-state index contributed by atoms with van der Waals surface area (Å²) in [7, 11) is 0. The summed E-state index contributed by atoms with van der Waals surface area (Å²) in [6.07, 6.45) is 0. The summed E-state index contributed by atoms with van der Waals surface area (Å²) in [5.74, 6) is -0.545. The van der Waals surface area contributed by atoms with Crippen LogP contribution in [0.5, 0.6) is 11.5 Å². The van der Waals surface area contributed by atoms with Crippen molar-refractivity contribution < 1.29 is 33.3 Å². The van der Waals surface area contributed by atoms with Gasteiger partial charge >= 0.3 is 11.9 Å². The van der Waals surface area contributed by atoms with Gasteiger partial charge in [-0.1, -0.05) is 12.1 Å². The molecule has 2 rings (SSSR count). The van der Waals surface area contributed by atoms with Gasteiger partial charge in [-0.25, -0.2) is 9.59 Å². The molecule has 0 spiro atoms. The summed E-state index contributed by atoms with van der Waals surface area (Å²) >= 11 is 0. The van der Waals surface area contributed by atoms with Crippen LogP contribution in [-0.2, 0) is 19.1 Å². The van der Waals surface area contributed by atoms with Crippen LogP contribution in [0.3, 0.4) is 0 Å². The van der Waals surface area contributed by atoms with E-state index in [1.807, 2.05) is 0 Å². The second kappa shape index (κ2) is 9.56.